The third-order valence-corrected chi connectivity index (χ3v) is 7.29. The number of hydrogen-bond acceptors (Lipinski definition) is 2. The lowest BCUT2D eigenvalue weighted by Gasteiger charge is -2.60. The van der Waals surface area contributed by atoms with Gasteiger partial charge in [-0.3, -0.25) is 0 Å². The predicted octanol–water partition coefficient (Wildman–Crippen LogP) is 4.08. The molecule has 2 fully saturated rings. The molecule has 124 valence electrons. The summed E-state index contributed by atoms with van der Waals surface area (Å²) in [6, 6.07) is 0. The molecule has 0 heterocycles. The van der Waals surface area contributed by atoms with E-state index in [1.807, 2.05) is 0 Å². The fraction of sp³-hybridized carbons (Fsp3) is 0.800. The van der Waals surface area contributed by atoms with Gasteiger partial charge in [0.05, 0.1) is 6.10 Å². The van der Waals surface area contributed by atoms with Gasteiger partial charge in [-0.1, -0.05) is 38.5 Å². The van der Waals surface area contributed by atoms with Crippen molar-refractivity contribution in [1.29, 1.82) is 0 Å². The Hall–Kier alpha value is -0.600. The van der Waals surface area contributed by atoms with Crippen LogP contribution >= 0.6 is 0 Å². The standard InChI is InChI=1S/C20H32O2/c1-5-18(2)9-8-16-14(10-18)6-7-17-19(3,13-21)11-15(22)12-20(16,17)4/h5,10,15-17,21-22H,1,6-9,11-13H2,2-4H3/t15-,16-,17-,18?,19-,20+/m0/s1. The van der Waals surface area contributed by atoms with Gasteiger partial charge < -0.3 is 10.2 Å². The molecule has 3 aliphatic carbocycles. The Balaban J connectivity index is 1.99. The lowest BCUT2D eigenvalue weighted by Crippen LogP contribution is -2.56. The Bertz CT molecular complexity index is 496. The highest BCUT2D eigenvalue weighted by Gasteiger charge is 2.57. The lowest BCUT2D eigenvalue weighted by atomic mass is 9.45. The highest BCUT2D eigenvalue weighted by atomic mass is 16.3. The maximum atomic E-state index is 10.5. The highest BCUT2D eigenvalue weighted by molar-refractivity contribution is 5.26. The van der Waals surface area contributed by atoms with Crippen LogP contribution in [0.15, 0.2) is 24.3 Å². The van der Waals surface area contributed by atoms with E-state index in [0.717, 1.165) is 32.1 Å². The van der Waals surface area contributed by atoms with Crippen LogP contribution in [0, 0.1) is 28.1 Å². The Morgan fingerprint density at radius 2 is 2.00 bits per heavy atom. The molecule has 0 aliphatic heterocycles. The molecule has 1 unspecified atom stereocenters. The van der Waals surface area contributed by atoms with E-state index in [1.165, 1.54) is 6.42 Å². The maximum Gasteiger partial charge on any atom is 0.0552 e. The minimum atomic E-state index is -0.273. The number of rotatable bonds is 2. The molecule has 0 aromatic carbocycles. The predicted molar refractivity (Wildman–Crippen MR) is 90.4 cm³/mol. The van der Waals surface area contributed by atoms with Crippen molar-refractivity contribution in [2.24, 2.45) is 28.1 Å². The van der Waals surface area contributed by atoms with E-state index in [0.29, 0.717) is 11.8 Å². The molecule has 0 spiro atoms. The van der Waals surface area contributed by atoms with E-state index in [-0.39, 0.29) is 29.0 Å². The van der Waals surface area contributed by atoms with Crippen LogP contribution in [0.1, 0.15) is 59.3 Å². The van der Waals surface area contributed by atoms with Crippen molar-refractivity contribution in [3.8, 4) is 0 Å². The monoisotopic (exact) mass is 304 g/mol. The Morgan fingerprint density at radius 3 is 2.64 bits per heavy atom. The van der Waals surface area contributed by atoms with Crippen molar-refractivity contribution in [3.63, 3.8) is 0 Å². The van der Waals surface area contributed by atoms with Gasteiger partial charge in [-0.15, -0.1) is 6.58 Å². The highest BCUT2D eigenvalue weighted by Crippen LogP contribution is 2.63. The molecule has 0 bridgehead atoms. The number of aliphatic hydroxyl groups excluding tert-OH is 2. The Labute approximate surface area is 135 Å². The fourth-order valence-electron chi connectivity index (χ4n) is 6.15. The van der Waals surface area contributed by atoms with Gasteiger partial charge in [-0.2, -0.15) is 0 Å². The van der Waals surface area contributed by atoms with Crippen LogP contribution in [-0.4, -0.2) is 22.9 Å². The van der Waals surface area contributed by atoms with E-state index in [9.17, 15) is 10.2 Å². The SMILES string of the molecule is C=CC1(C)C=C2CC[C@H]3[C@](C)(CO)C[C@H](O)C[C@]3(C)[C@H]2CC1. The molecule has 22 heavy (non-hydrogen) atoms. The van der Waals surface area contributed by atoms with Crippen LogP contribution in [0.3, 0.4) is 0 Å². The summed E-state index contributed by atoms with van der Waals surface area (Å²) in [7, 11) is 0. The quantitative estimate of drug-likeness (QED) is 0.755. The first kappa shape index (κ1) is 16.3. The van der Waals surface area contributed by atoms with E-state index < -0.39 is 0 Å². The molecule has 6 atom stereocenters. The van der Waals surface area contributed by atoms with Gasteiger partial charge in [-0.25, -0.2) is 0 Å². The van der Waals surface area contributed by atoms with Crippen LogP contribution in [0.4, 0.5) is 0 Å². The topological polar surface area (TPSA) is 40.5 Å². The van der Waals surface area contributed by atoms with Crippen molar-refractivity contribution in [1.82, 2.24) is 0 Å². The molecule has 2 heteroatoms. The Kier molecular flexibility index (Phi) is 3.85. The number of fused-ring (bicyclic) bond motifs is 3. The van der Waals surface area contributed by atoms with E-state index >= 15 is 0 Å². The van der Waals surface area contributed by atoms with Gasteiger partial charge in [0, 0.05) is 12.0 Å². The first-order valence-electron chi connectivity index (χ1n) is 8.90. The first-order chi connectivity index (χ1) is 10.3. The smallest absolute Gasteiger partial charge is 0.0552 e. The molecule has 2 N–H and O–H groups in total. The summed E-state index contributed by atoms with van der Waals surface area (Å²) in [4.78, 5) is 0. The minimum Gasteiger partial charge on any atom is -0.396 e. The van der Waals surface area contributed by atoms with Crippen molar-refractivity contribution < 1.29 is 10.2 Å². The average molecular weight is 304 g/mol. The van der Waals surface area contributed by atoms with Gasteiger partial charge in [0.1, 0.15) is 0 Å². The molecule has 0 saturated heterocycles. The molecule has 0 aromatic heterocycles. The summed E-state index contributed by atoms with van der Waals surface area (Å²) < 4.78 is 0. The molecule has 3 rings (SSSR count). The molecule has 3 aliphatic rings. The first-order valence-corrected chi connectivity index (χ1v) is 8.90. The van der Waals surface area contributed by atoms with Crippen LogP contribution in [0.2, 0.25) is 0 Å². The molecule has 0 radical (unpaired) electrons. The second kappa shape index (κ2) is 5.21. The van der Waals surface area contributed by atoms with Crippen LogP contribution in [0.25, 0.3) is 0 Å². The normalized spacial score (nSPS) is 51.5. The van der Waals surface area contributed by atoms with Crippen LogP contribution < -0.4 is 0 Å². The number of hydrogen-bond donors (Lipinski definition) is 2. The molecule has 2 nitrogen and oxygen atoms in total. The zero-order chi connectivity index (χ0) is 16.2. The van der Waals surface area contributed by atoms with Crippen molar-refractivity contribution >= 4 is 0 Å². The van der Waals surface area contributed by atoms with Crippen LogP contribution in [-0.2, 0) is 0 Å². The summed E-state index contributed by atoms with van der Waals surface area (Å²) in [5.74, 6) is 1.09. The van der Waals surface area contributed by atoms with Crippen molar-refractivity contribution in [2.75, 3.05) is 6.61 Å². The average Bonchev–Trinajstić information content (AvgIpc) is 2.45. The van der Waals surface area contributed by atoms with E-state index in [1.54, 1.807) is 5.57 Å². The minimum absolute atomic E-state index is 0.127. The lowest BCUT2D eigenvalue weighted by molar-refractivity contribution is -0.131. The van der Waals surface area contributed by atoms with Crippen LogP contribution in [0.5, 0.6) is 0 Å². The molecular weight excluding hydrogens is 272 g/mol. The molecule has 2 saturated carbocycles. The third-order valence-electron chi connectivity index (χ3n) is 7.29. The van der Waals surface area contributed by atoms with Crippen molar-refractivity contribution in [3.05, 3.63) is 24.3 Å². The zero-order valence-corrected chi connectivity index (χ0v) is 14.4. The summed E-state index contributed by atoms with van der Waals surface area (Å²) in [5.41, 5.74) is 1.73. The van der Waals surface area contributed by atoms with Gasteiger partial charge in [0.15, 0.2) is 0 Å². The summed E-state index contributed by atoms with van der Waals surface area (Å²) in [6.07, 6.45) is 10.6. The maximum absolute atomic E-state index is 10.5. The third kappa shape index (κ3) is 2.30. The largest absolute Gasteiger partial charge is 0.396 e. The second-order valence-electron chi connectivity index (χ2n) is 8.99. The number of allylic oxidation sites excluding steroid dienone is 3. The van der Waals surface area contributed by atoms with Gasteiger partial charge >= 0.3 is 0 Å². The van der Waals surface area contributed by atoms with Gasteiger partial charge in [0.2, 0.25) is 0 Å². The molecular formula is C20H32O2. The summed E-state index contributed by atoms with van der Waals surface area (Å²) in [6.45, 7) is 11.1. The molecule has 0 aromatic rings. The fourth-order valence-corrected chi connectivity index (χ4v) is 6.15. The van der Waals surface area contributed by atoms with Gasteiger partial charge in [0.25, 0.3) is 0 Å². The van der Waals surface area contributed by atoms with Crippen molar-refractivity contribution in [2.45, 2.75) is 65.4 Å². The van der Waals surface area contributed by atoms with Gasteiger partial charge in [-0.05, 0) is 61.2 Å². The molecule has 0 amide bonds. The second-order valence-corrected chi connectivity index (χ2v) is 8.99. The van der Waals surface area contributed by atoms with E-state index in [2.05, 4.69) is 39.5 Å². The Morgan fingerprint density at radius 1 is 1.27 bits per heavy atom. The number of aliphatic hydroxyl groups is 2. The zero-order valence-electron chi connectivity index (χ0n) is 14.4. The van der Waals surface area contributed by atoms with E-state index in [4.69, 9.17) is 0 Å². The summed E-state index contributed by atoms with van der Waals surface area (Å²) in [5, 5.41) is 20.5. The summed E-state index contributed by atoms with van der Waals surface area (Å²) >= 11 is 0.